The Morgan fingerprint density at radius 1 is 1.36 bits per heavy atom. The smallest absolute Gasteiger partial charge is 0.146 e. The van der Waals surface area contributed by atoms with Crippen molar-refractivity contribution in [2.24, 2.45) is 5.92 Å². The van der Waals surface area contributed by atoms with Crippen LogP contribution >= 0.6 is 31.9 Å². The van der Waals surface area contributed by atoms with E-state index >= 15 is 0 Å². The average molecular weight is 320 g/mol. The molecule has 0 saturated carbocycles. The van der Waals surface area contributed by atoms with Crippen molar-refractivity contribution >= 4 is 37.6 Å². The Morgan fingerprint density at radius 3 is 2.43 bits per heavy atom. The highest BCUT2D eigenvalue weighted by atomic mass is 79.9. The lowest BCUT2D eigenvalue weighted by Gasteiger charge is -2.08. The molecule has 0 heterocycles. The Bertz CT molecular complexity index is 306. The van der Waals surface area contributed by atoms with Gasteiger partial charge in [0.05, 0.1) is 5.33 Å². The van der Waals surface area contributed by atoms with Gasteiger partial charge in [-0.05, 0) is 24.1 Å². The number of alkyl halides is 1. The molecule has 0 aliphatic carbocycles. The fourth-order valence-electron chi connectivity index (χ4n) is 1.22. The zero-order valence-corrected chi connectivity index (χ0v) is 11.1. The number of hydrogen-bond donors (Lipinski definition) is 0. The van der Waals surface area contributed by atoms with Crippen molar-refractivity contribution in [1.29, 1.82) is 0 Å². The third kappa shape index (κ3) is 3.54. The van der Waals surface area contributed by atoms with Crippen molar-refractivity contribution < 1.29 is 4.79 Å². The maximum absolute atomic E-state index is 11.3. The molecule has 0 radical (unpaired) electrons. The van der Waals surface area contributed by atoms with Gasteiger partial charge in [0.2, 0.25) is 0 Å². The molecule has 76 valence electrons. The first-order valence-electron chi connectivity index (χ1n) is 4.46. The van der Waals surface area contributed by atoms with Crippen LogP contribution in [0, 0.1) is 5.92 Å². The van der Waals surface area contributed by atoms with Gasteiger partial charge in [-0.2, -0.15) is 0 Å². The van der Waals surface area contributed by atoms with E-state index in [4.69, 9.17) is 0 Å². The standard InChI is InChI=1S/C11H12Br2O/c1-8(11(14)7-12)6-9-2-4-10(13)5-3-9/h2-5,8H,6-7H2,1H3/t8-/m0/s1. The predicted octanol–water partition coefficient (Wildman–Crippen LogP) is 3.59. The Kier molecular flexibility index (Phi) is 4.82. The van der Waals surface area contributed by atoms with Gasteiger partial charge in [0.25, 0.3) is 0 Å². The van der Waals surface area contributed by atoms with Gasteiger partial charge >= 0.3 is 0 Å². The fourth-order valence-corrected chi connectivity index (χ4v) is 2.04. The third-order valence-electron chi connectivity index (χ3n) is 2.14. The molecule has 0 aliphatic heterocycles. The second-order valence-corrected chi connectivity index (χ2v) is 4.81. The number of halogens is 2. The molecule has 14 heavy (non-hydrogen) atoms. The average Bonchev–Trinajstić information content (AvgIpc) is 2.20. The second kappa shape index (κ2) is 5.66. The fraction of sp³-hybridized carbons (Fsp3) is 0.364. The molecule has 3 heteroatoms. The molecule has 1 aromatic carbocycles. The lowest BCUT2D eigenvalue weighted by molar-refractivity contribution is -0.119. The summed E-state index contributed by atoms with van der Waals surface area (Å²) in [6, 6.07) is 8.09. The van der Waals surface area contributed by atoms with Crippen LogP contribution in [-0.4, -0.2) is 11.1 Å². The SMILES string of the molecule is C[C@@H](Cc1ccc(Br)cc1)C(=O)CBr. The number of benzene rings is 1. The summed E-state index contributed by atoms with van der Waals surface area (Å²) in [5.74, 6) is 0.350. The van der Waals surface area contributed by atoms with E-state index in [-0.39, 0.29) is 11.7 Å². The number of carbonyl (C=O) groups is 1. The normalized spacial score (nSPS) is 12.5. The van der Waals surface area contributed by atoms with E-state index in [1.807, 2.05) is 31.2 Å². The van der Waals surface area contributed by atoms with E-state index in [2.05, 4.69) is 31.9 Å². The van der Waals surface area contributed by atoms with E-state index in [1.165, 1.54) is 5.56 Å². The predicted molar refractivity (Wildman–Crippen MR) is 65.8 cm³/mol. The van der Waals surface area contributed by atoms with Crippen LogP contribution in [0.3, 0.4) is 0 Å². The Morgan fingerprint density at radius 2 is 1.93 bits per heavy atom. The lowest BCUT2D eigenvalue weighted by Crippen LogP contribution is -2.14. The molecule has 0 amide bonds. The number of rotatable bonds is 4. The van der Waals surface area contributed by atoms with Crippen LogP contribution in [0.5, 0.6) is 0 Å². The molecule has 0 bridgehead atoms. The van der Waals surface area contributed by atoms with Crippen molar-refractivity contribution in [2.75, 3.05) is 5.33 Å². The zero-order chi connectivity index (χ0) is 10.6. The summed E-state index contributed by atoms with van der Waals surface area (Å²) in [5.41, 5.74) is 1.20. The third-order valence-corrected chi connectivity index (χ3v) is 3.22. The van der Waals surface area contributed by atoms with Gasteiger partial charge in [-0.15, -0.1) is 0 Å². The largest absolute Gasteiger partial charge is 0.298 e. The molecule has 0 unspecified atom stereocenters. The van der Waals surface area contributed by atoms with Crippen LogP contribution in [0.2, 0.25) is 0 Å². The molecule has 0 aliphatic rings. The second-order valence-electron chi connectivity index (χ2n) is 3.33. The molecular weight excluding hydrogens is 308 g/mol. The van der Waals surface area contributed by atoms with E-state index in [0.29, 0.717) is 5.33 Å². The number of Topliss-reactive ketones (excluding diaryl/α,β-unsaturated/α-hetero) is 1. The van der Waals surface area contributed by atoms with Gasteiger partial charge in [-0.3, -0.25) is 4.79 Å². The summed E-state index contributed by atoms with van der Waals surface area (Å²) >= 11 is 6.56. The lowest BCUT2D eigenvalue weighted by atomic mass is 9.98. The van der Waals surface area contributed by atoms with Crippen molar-refractivity contribution in [2.45, 2.75) is 13.3 Å². The van der Waals surface area contributed by atoms with Crippen LogP contribution < -0.4 is 0 Å². The summed E-state index contributed by atoms with van der Waals surface area (Å²) in [6.45, 7) is 1.96. The molecule has 0 fully saturated rings. The minimum Gasteiger partial charge on any atom is -0.298 e. The van der Waals surface area contributed by atoms with Crippen LogP contribution in [0.25, 0.3) is 0 Å². The first-order valence-corrected chi connectivity index (χ1v) is 6.38. The molecule has 0 spiro atoms. The molecular formula is C11H12Br2O. The first-order chi connectivity index (χ1) is 6.63. The van der Waals surface area contributed by atoms with Crippen molar-refractivity contribution in [1.82, 2.24) is 0 Å². The monoisotopic (exact) mass is 318 g/mol. The molecule has 0 aromatic heterocycles. The summed E-state index contributed by atoms with van der Waals surface area (Å²) in [6.07, 6.45) is 0.817. The Labute approximate surface area is 101 Å². The highest BCUT2D eigenvalue weighted by Crippen LogP contribution is 2.14. The number of ketones is 1. The molecule has 1 aromatic rings. The van der Waals surface area contributed by atoms with Crippen molar-refractivity contribution in [3.63, 3.8) is 0 Å². The molecule has 1 nitrogen and oxygen atoms in total. The molecule has 1 atom stereocenters. The Balaban J connectivity index is 2.60. The maximum atomic E-state index is 11.3. The summed E-state index contributed by atoms with van der Waals surface area (Å²) in [5, 5.41) is 0.449. The summed E-state index contributed by atoms with van der Waals surface area (Å²) in [4.78, 5) is 11.3. The van der Waals surface area contributed by atoms with Crippen LogP contribution in [0.15, 0.2) is 28.7 Å². The topological polar surface area (TPSA) is 17.1 Å². The molecule has 0 saturated heterocycles. The first kappa shape index (κ1) is 11.9. The number of carbonyl (C=O) groups excluding carboxylic acids is 1. The summed E-state index contributed by atoms with van der Waals surface area (Å²) < 4.78 is 1.07. The minimum atomic E-state index is 0.0931. The van der Waals surface area contributed by atoms with Gasteiger partial charge < -0.3 is 0 Å². The van der Waals surface area contributed by atoms with Crippen LogP contribution in [0.1, 0.15) is 12.5 Å². The molecule has 0 N–H and O–H groups in total. The van der Waals surface area contributed by atoms with Gasteiger partial charge in [-0.25, -0.2) is 0 Å². The van der Waals surface area contributed by atoms with Crippen LogP contribution in [-0.2, 0) is 11.2 Å². The van der Waals surface area contributed by atoms with Gasteiger partial charge in [0.15, 0.2) is 0 Å². The van der Waals surface area contributed by atoms with Crippen LogP contribution in [0.4, 0.5) is 0 Å². The maximum Gasteiger partial charge on any atom is 0.146 e. The number of hydrogen-bond acceptors (Lipinski definition) is 1. The van der Waals surface area contributed by atoms with Crippen molar-refractivity contribution in [3.8, 4) is 0 Å². The highest BCUT2D eigenvalue weighted by molar-refractivity contribution is 9.10. The van der Waals surface area contributed by atoms with Gasteiger partial charge in [0.1, 0.15) is 5.78 Å². The van der Waals surface area contributed by atoms with Gasteiger partial charge in [0, 0.05) is 10.4 Å². The minimum absolute atomic E-state index is 0.0931. The van der Waals surface area contributed by atoms with E-state index < -0.39 is 0 Å². The van der Waals surface area contributed by atoms with E-state index in [1.54, 1.807) is 0 Å². The zero-order valence-electron chi connectivity index (χ0n) is 7.97. The van der Waals surface area contributed by atoms with Gasteiger partial charge in [-0.1, -0.05) is 50.9 Å². The summed E-state index contributed by atoms with van der Waals surface area (Å²) in [7, 11) is 0. The quantitative estimate of drug-likeness (QED) is 0.775. The molecule has 1 rings (SSSR count). The van der Waals surface area contributed by atoms with E-state index in [0.717, 1.165) is 10.9 Å². The Hall–Kier alpha value is -0.150. The van der Waals surface area contributed by atoms with E-state index in [9.17, 15) is 4.79 Å². The van der Waals surface area contributed by atoms with Crippen molar-refractivity contribution in [3.05, 3.63) is 34.3 Å². The highest BCUT2D eigenvalue weighted by Gasteiger charge is 2.11.